The zero-order chi connectivity index (χ0) is 26.4. The van der Waals surface area contributed by atoms with Crippen molar-refractivity contribution in [2.75, 3.05) is 35.1 Å². The van der Waals surface area contributed by atoms with E-state index in [-0.39, 0.29) is 17.1 Å². The van der Waals surface area contributed by atoms with Gasteiger partial charge in [0, 0.05) is 30.2 Å². The highest BCUT2D eigenvalue weighted by molar-refractivity contribution is 7.98. The molecule has 196 valence electrons. The molecule has 4 rings (SSSR count). The van der Waals surface area contributed by atoms with Gasteiger partial charge in [0.25, 0.3) is 10.0 Å². The van der Waals surface area contributed by atoms with Crippen molar-refractivity contribution >= 4 is 39.1 Å². The molecule has 0 saturated carbocycles. The fourth-order valence-electron chi connectivity index (χ4n) is 4.46. The minimum Gasteiger partial charge on any atom is -0.371 e. The second kappa shape index (κ2) is 12.0. The van der Waals surface area contributed by atoms with Gasteiger partial charge in [-0.3, -0.25) is 9.10 Å². The standard InChI is InChI=1S/C28H32FN3O3S2/c1-21-5-4-16-31(19-21)24-10-8-22(9-11-24)18-30-28(33)20-32(25-7-3-6-23(29)17-25)37(34,35)27-14-12-26(36-2)13-15-27/h3,6-15,17,21H,4-5,16,18-20H2,1-2H3,(H,30,33). The van der Waals surface area contributed by atoms with Crippen LogP contribution < -0.4 is 14.5 Å². The normalized spacial score (nSPS) is 15.9. The number of amides is 1. The van der Waals surface area contributed by atoms with Gasteiger partial charge in [-0.15, -0.1) is 11.8 Å². The molecular weight excluding hydrogens is 509 g/mol. The quantitative estimate of drug-likeness (QED) is 0.373. The van der Waals surface area contributed by atoms with E-state index in [4.69, 9.17) is 0 Å². The summed E-state index contributed by atoms with van der Waals surface area (Å²) >= 11 is 1.49. The fraction of sp³-hybridized carbons (Fsp3) is 0.321. The van der Waals surface area contributed by atoms with Crippen LogP contribution in [0.2, 0.25) is 0 Å². The zero-order valence-electron chi connectivity index (χ0n) is 21.1. The first-order valence-electron chi connectivity index (χ1n) is 12.3. The van der Waals surface area contributed by atoms with Crippen LogP contribution in [0.5, 0.6) is 0 Å². The van der Waals surface area contributed by atoms with Gasteiger partial charge in [0.1, 0.15) is 12.4 Å². The summed E-state index contributed by atoms with van der Waals surface area (Å²) in [5.74, 6) is -0.393. The molecule has 3 aromatic rings. The third kappa shape index (κ3) is 6.84. The van der Waals surface area contributed by atoms with Crippen LogP contribution in [0.4, 0.5) is 15.8 Å². The molecule has 0 aromatic heterocycles. The molecule has 1 fully saturated rings. The molecule has 1 amide bonds. The summed E-state index contributed by atoms with van der Waals surface area (Å²) in [4.78, 5) is 16.2. The topological polar surface area (TPSA) is 69.7 Å². The molecule has 1 aliphatic rings. The van der Waals surface area contributed by atoms with E-state index in [1.54, 1.807) is 12.1 Å². The third-order valence-corrected chi connectivity index (χ3v) is 9.01. The van der Waals surface area contributed by atoms with Gasteiger partial charge in [-0.1, -0.05) is 25.1 Å². The fourth-order valence-corrected chi connectivity index (χ4v) is 6.28. The Hall–Kier alpha value is -3.04. The lowest BCUT2D eigenvalue weighted by Crippen LogP contribution is -2.40. The van der Waals surface area contributed by atoms with E-state index in [9.17, 15) is 17.6 Å². The van der Waals surface area contributed by atoms with Crippen molar-refractivity contribution in [2.45, 2.75) is 36.1 Å². The molecule has 3 aromatic carbocycles. The number of carbonyl (C=O) groups excluding carboxylic acids is 1. The third-order valence-electron chi connectivity index (χ3n) is 6.48. The summed E-state index contributed by atoms with van der Waals surface area (Å²) in [6, 6.07) is 19.7. The molecule has 0 aliphatic carbocycles. The molecule has 37 heavy (non-hydrogen) atoms. The van der Waals surface area contributed by atoms with Gasteiger partial charge in [-0.25, -0.2) is 12.8 Å². The number of hydrogen-bond acceptors (Lipinski definition) is 5. The van der Waals surface area contributed by atoms with Gasteiger partial charge in [0.05, 0.1) is 10.6 Å². The molecule has 9 heteroatoms. The molecule has 1 heterocycles. The number of nitrogens with one attached hydrogen (secondary N) is 1. The number of halogens is 1. The average molecular weight is 542 g/mol. The van der Waals surface area contributed by atoms with Crippen LogP contribution in [0, 0.1) is 11.7 Å². The van der Waals surface area contributed by atoms with Crippen LogP contribution >= 0.6 is 11.8 Å². The molecule has 0 spiro atoms. The first kappa shape index (κ1) is 27.0. The minimum absolute atomic E-state index is 0.0324. The molecular formula is C28H32FN3O3S2. The predicted molar refractivity (Wildman–Crippen MR) is 148 cm³/mol. The maximum atomic E-state index is 14.0. The number of piperidine rings is 1. The Balaban J connectivity index is 1.46. The maximum Gasteiger partial charge on any atom is 0.264 e. The highest BCUT2D eigenvalue weighted by Crippen LogP contribution is 2.26. The van der Waals surface area contributed by atoms with Crippen LogP contribution in [0.1, 0.15) is 25.3 Å². The molecule has 1 aliphatic heterocycles. The number of carbonyl (C=O) groups is 1. The van der Waals surface area contributed by atoms with E-state index in [0.717, 1.165) is 39.6 Å². The van der Waals surface area contributed by atoms with E-state index < -0.39 is 28.3 Å². The minimum atomic E-state index is -4.11. The summed E-state index contributed by atoms with van der Waals surface area (Å²) in [6.07, 6.45) is 4.34. The van der Waals surface area contributed by atoms with Crippen molar-refractivity contribution in [3.63, 3.8) is 0 Å². The largest absolute Gasteiger partial charge is 0.371 e. The predicted octanol–water partition coefficient (Wildman–Crippen LogP) is 5.30. The molecule has 1 atom stereocenters. The number of anilines is 2. The lowest BCUT2D eigenvalue weighted by Gasteiger charge is -2.32. The van der Waals surface area contributed by atoms with Crippen molar-refractivity contribution in [3.05, 3.63) is 84.2 Å². The lowest BCUT2D eigenvalue weighted by atomic mass is 9.99. The van der Waals surface area contributed by atoms with E-state index in [1.165, 1.54) is 54.9 Å². The Morgan fingerprint density at radius 3 is 2.49 bits per heavy atom. The summed E-state index contributed by atoms with van der Waals surface area (Å²) in [5, 5.41) is 2.81. The molecule has 0 radical (unpaired) electrons. The van der Waals surface area contributed by atoms with Crippen LogP contribution in [0.15, 0.2) is 82.6 Å². The van der Waals surface area contributed by atoms with Gasteiger partial charge in [-0.2, -0.15) is 0 Å². The first-order chi connectivity index (χ1) is 17.8. The Labute approximate surface area is 222 Å². The van der Waals surface area contributed by atoms with Gasteiger partial charge >= 0.3 is 0 Å². The Kier molecular flexibility index (Phi) is 8.76. The number of rotatable bonds is 9. The smallest absolute Gasteiger partial charge is 0.264 e. The lowest BCUT2D eigenvalue weighted by molar-refractivity contribution is -0.119. The van der Waals surface area contributed by atoms with Crippen LogP contribution in [0.3, 0.4) is 0 Å². The van der Waals surface area contributed by atoms with Gasteiger partial charge in [0.2, 0.25) is 5.91 Å². The van der Waals surface area contributed by atoms with Crippen molar-refractivity contribution in [1.82, 2.24) is 5.32 Å². The molecule has 6 nitrogen and oxygen atoms in total. The van der Waals surface area contributed by atoms with Crippen molar-refractivity contribution < 1.29 is 17.6 Å². The second-order valence-electron chi connectivity index (χ2n) is 9.30. The highest BCUT2D eigenvalue weighted by Gasteiger charge is 2.27. The zero-order valence-corrected chi connectivity index (χ0v) is 22.7. The SMILES string of the molecule is CSc1ccc(S(=O)(=O)N(CC(=O)NCc2ccc(N3CCCC(C)C3)cc2)c2cccc(F)c2)cc1. The van der Waals surface area contributed by atoms with Crippen LogP contribution in [-0.2, 0) is 21.4 Å². The Morgan fingerprint density at radius 2 is 1.84 bits per heavy atom. The first-order valence-corrected chi connectivity index (χ1v) is 15.0. The summed E-state index contributed by atoms with van der Waals surface area (Å²) in [6.45, 7) is 4.14. The van der Waals surface area contributed by atoms with Crippen LogP contribution in [-0.4, -0.2) is 40.2 Å². The molecule has 1 unspecified atom stereocenters. The van der Waals surface area contributed by atoms with Gasteiger partial charge in [0.15, 0.2) is 0 Å². The van der Waals surface area contributed by atoms with Gasteiger partial charge < -0.3 is 10.2 Å². The van der Waals surface area contributed by atoms with E-state index in [2.05, 4.69) is 29.3 Å². The Bertz CT molecular complexity index is 1320. The monoisotopic (exact) mass is 541 g/mol. The Morgan fingerprint density at radius 1 is 1.11 bits per heavy atom. The maximum absolute atomic E-state index is 14.0. The van der Waals surface area contributed by atoms with E-state index in [1.807, 2.05) is 18.4 Å². The molecule has 1 N–H and O–H groups in total. The molecule has 1 saturated heterocycles. The highest BCUT2D eigenvalue weighted by atomic mass is 32.2. The van der Waals surface area contributed by atoms with Crippen molar-refractivity contribution in [1.29, 1.82) is 0 Å². The van der Waals surface area contributed by atoms with Crippen molar-refractivity contribution in [3.8, 4) is 0 Å². The number of benzene rings is 3. The summed E-state index contributed by atoms with van der Waals surface area (Å²) in [7, 11) is -4.11. The van der Waals surface area contributed by atoms with Gasteiger partial charge in [-0.05, 0) is 85.2 Å². The summed E-state index contributed by atoms with van der Waals surface area (Å²) in [5.41, 5.74) is 2.16. The van der Waals surface area contributed by atoms with E-state index >= 15 is 0 Å². The summed E-state index contributed by atoms with van der Waals surface area (Å²) < 4.78 is 41.9. The van der Waals surface area contributed by atoms with Crippen LogP contribution in [0.25, 0.3) is 0 Å². The number of nitrogens with zero attached hydrogens (tertiary/aromatic N) is 2. The molecule has 0 bridgehead atoms. The van der Waals surface area contributed by atoms with Crippen molar-refractivity contribution in [2.24, 2.45) is 5.92 Å². The average Bonchev–Trinajstić information content (AvgIpc) is 2.91. The number of hydrogen-bond donors (Lipinski definition) is 1. The number of thioether (sulfide) groups is 1. The number of sulfonamides is 1. The second-order valence-corrected chi connectivity index (χ2v) is 12.0. The van der Waals surface area contributed by atoms with E-state index in [0.29, 0.717) is 5.92 Å².